The minimum absolute atomic E-state index is 0.202. The second-order valence-corrected chi connectivity index (χ2v) is 4.23. The second kappa shape index (κ2) is 6.14. The highest BCUT2D eigenvalue weighted by Crippen LogP contribution is 2.40. The van der Waals surface area contributed by atoms with Crippen molar-refractivity contribution >= 4 is 12.0 Å². The summed E-state index contributed by atoms with van der Waals surface area (Å²) in [6.07, 6.45) is 2.81. The summed E-state index contributed by atoms with van der Waals surface area (Å²) in [4.78, 5) is 22.4. The number of amides is 2. The minimum atomic E-state index is -0.819. The van der Waals surface area contributed by atoms with Crippen molar-refractivity contribution in [2.24, 2.45) is 5.41 Å². The van der Waals surface area contributed by atoms with Crippen LogP contribution in [-0.2, 0) is 4.79 Å². The first-order valence-corrected chi connectivity index (χ1v) is 5.75. The van der Waals surface area contributed by atoms with Crippen LogP contribution in [0, 0.1) is 17.3 Å². The van der Waals surface area contributed by atoms with E-state index in [4.69, 9.17) is 5.11 Å². The number of carbonyl (C=O) groups excluding carboxylic acids is 1. The van der Waals surface area contributed by atoms with Gasteiger partial charge in [0.2, 0.25) is 0 Å². The Bertz CT molecular complexity index is 350. The number of carboxylic acids is 1. The SMILES string of the molecule is CC#CCCNC(=O)NCC1(C(=O)O)CCC1. The molecule has 17 heavy (non-hydrogen) atoms. The highest BCUT2D eigenvalue weighted by molar-refractivity contribution is 5.78. The predicted octanol–water partition coefficient (Wildman–Crippen LogP) is 0.954. The molecule has 0 spiro atoms. The molecule has 0 aromatic heterocycles. The van der Waals surface area contributed by atoms with Gasteiger partial charge in [-0.25, -0.2) is 4.79 Å². The fourth-order valence-electron chi connectivity index (χ4n) is 1.75. The fourth-order valence-corrected chi connectivity index (χ4v) is 1.75. The molecule has 1 saturated carbocycles. The molecule has 0 atom stereocenters. The van der Waals surface area contributed by atoms with E-state index in [1.807, 2.05) is 0 Å². The number of nitrogens with one attached hydrogen (secondary N) is 2. The molecular formula is C12H18N2O3. The van der Waals surface area contributed by atoms with Crippen LogP contribution in [0.25, 0.3) is 0 Å². The van der Waals surface area contributed by atoms with E-state index in [1.165, 1.54) is 0 Å². The van der Waals surface area contributed by atoms with Crippen LogP contribution in [-0.4, -0.2) is 30.2 Å². The number of hydrogen-bond donors (Lipinski definition) is 3. The van der Waals surface area contributed by atoms with Crippen LogP contribution in [0.1, 0.15) is 32.6 Å². The van der Waals surface area contributed by atoms with E-state index >= 15 is 0 Å². The molecule has 1 fully saturated rings. The summed E-state index contributed by atoms with van der Waals surface area (Å²) in [6, 6.07) is -0.324. The number of urea groups is 1. The summed E-state index contributed by atoms with van der Waals surface area (Å²) in [5, 5.41) is 14.3. The quantitative estimate of drug-likeness (QED) is 0.493. The normalized spacial score (nSPS) is 16.1. The number of rotatable bonds is 5. The molecule has 1 aliphatic rings. The van der Waals surface area contributed by atoms with Crippen LogP contribution < -0.4 is 10.6 Å². The zero-order valence-corrected chi connectivity index (χ0v) is 10.0. The Morgan fingerprint density at radius 1 is 1.35 bits per heavy atom. The van der Waals surface area contributed by atoms with Crippen molar-refractivity contribution in [2.75, 3.05) is 13.1 Å². The van der Waals surface area contributed by atoms with Crippen molar-refractivity contribution in [1.29, 1.82) is 0 Å². The van der Waals surface area contributed by atoms with Crippen LogP contribution >= 0.6 is 0 Å². The lowest BCUT2D eigenvalue weighted by molar-refractivity contribution is -0.153. The number of carbonyl (C=O) groups is 2. The fraction of sp³-hybridized carbons (Fsp3) is 0.667. The van der Waals surface area contributed by atoms with E-state index in [9.17, 15) is 9.59 Å². The second-order valence-electron chi connectivity index (χ2n) is 4.23. The largest absolute Gasteiger partial charge is 0.481 e. The number of aliphatic carboxylic acids is 1. The molecule has 0 aliphatic heterocycles. The molecule has 0 aromatic carbocycles. The highest BCUT2D eigenvalue weighted by atomic mass is 16.4. The minimum Gasteiger partial charge on any atom is -0.481 e. The Morgan fingerprint density at radius 3 is 2.53 bits per heavy atom. The standard InChI is InChI=1S/C12H18N2O3/c1-2-3-4-8-13-11(17)14-9-12(10(15)16)6-5-7-12/h4-9H2,1H3,(H,15,16)(H2,13,14,17). The van der Waals surface area contributed by atoms with Gasteiger partial charge in [-0.05, 0) is 19.8 Å². The molecule has 0 bridgehead atoms. The maximum atomic E-state index is 11.4. The van der Waals surface area contributed by atoms with Gasteiger partial charge >= 0.3 is 12.0 Å². The van der Waals surface area contributed by atoms with Crippen molar-refractivity contribution < 1.29 is 14.7 Å². The van der Waals surface area contributed by atoms with Crippen LogP contribution in [0.4, 0.5) is 4.79 Å². The summed E-state index contributed by atoms with van der Waals surface area (Å²) in [7, 11) is 0. The van der Waals surface area contributed by atoms with E-state index < -0.39 is 11.4 Å². The molecule has 5 nitrogen and oxygen atoms in total. The van der Waals surface area contributed by atoms with Gasteiger partial charge in [-0.2, -0.15) is 0 Å². The number of carboxylic acid groups (broad SMARTS) is 1. The maximum absolute atomic E-state index is 11.4. The third kappa shape index (κ3) is 3.66. The molecule has 1 rings (SSSR count). The Morgan fingerprint density at radius 2 is 2.06 bits per heavy atom. The first-order valence-electron chi connectivity index (χ1n) is 5.75. The van der Waals surface area contributed by atoms with Crippen molar-refractivity contribution in [3.05, 3.63) is 0 Å². The van der Waals surface area contributed by atoms with Crippen molar-refractivity contribution in [3.63, 3.8) is 0 Å². The van der Waals surface area contributed by atoms with E-state index in [0.717, 1.165) is 6.42 Å². The van der Waals surface area contributed by atoms with Crippen molar-refractivity contribution in [3.8, 4) is 11.8 Å². The van der Waals surface area contributed by atoms with Gasteiger partial charge < -0.3 is 15.7 Å². The average Bonchev–Trinajstić information content (AvgIpc) is 2.22. The summed E-state index contributed by atoms with van der Waals surface area (Å²) in [5.41, 5.74) is -0.736. The van der Waals surface area contributed by atoms with Gasteiger partial charge in [-0.3, -0.25) is 4.79 Å². The smallest absolute Gasteiger partial charge is 0.314 e. The Hall–Kier alpha value is -1.70. The zero-order chi connectivity index (χ0) is 12.7. The lowest BCUT2D eigenvalue weighted by atomic mass is 9.69. The molecular weight excluding hydrogens is 220 g/mol. The Labute approximate surface area is 101 Å². The average molecular weight is 238 g/mol. The van der Waals surface area contributed by atoms with Gasteiger partial charge in [0.25, 0.3) is 0 Å². The summed E-state index contributed by atoms with van der Waals surface area (Å²) < 4.78 is 0. The van der Waals surface area contributed by atoms with Crippen LogP contribution in [0.5, 0.6) is 0 Å². The molecule has 0 unspecified atom stereocenters. The van der Waals surface area contributed by atoms with E-state index in [1.54, 1.807) is 6.92 Å². The lowest BCUT2D eigenvalue weighted by Gasteiger charge is -2.37. The Balaban J connectivity index is 2.22. The third-order valence-corrected chi connectivity index (χ3v) is 3.06. The predicted molar refractivity (Wildman–Crippen MR) is 63.4 cm³/mol. The van der Waals surface area contributed by atoms with Crippen LogP contribution in [0.3, 0.4) is 0 Å². The third-order valence-electron chi connectivity index (χ3n) is 3.06. The first kappa shape index (κ1) is 13.4. The molecule has 3 N–H and O–H groups in total. The van der Waals surface area contributed by atoms with Crippen LogP contribution in [0.15, 0.2) is 0 Å². The van der Waals surface area contributed by atoms with Gasteiger partial charge in [0.1, 0.15) is 0 Å². The van der Waals surface area contributed by atoms with Gasteiger partial charge in [0.15, 0.2) is 0 Å². The van der Waals surface area contributed by atoms with Gasteiger partial charge in [0, 0.05) is 19.5 Å². The summed E-state index contributed by atoms with van der Waals surface area (Å²) in [6.45, 7) is 2.42. The Kier molecular flexibility index (Phi) is 4.83. The molecule has 0 radical (unpaired) electrons. The molecule has 94 valence electrons. The zero-order valence-electron chi connectivity index (χ0n) is 10.0. The molecule has 5 heteroatoms. The lowest BCUT2D eigenvalue weighted by Crippen LogP contribution is -2.49. The molecule has 0 heterocycles. The molecule has 0 saturated heterocycles. The van der Waals surface area contributed by atoms with E-state index in [0.29, 0.717) is 25.8 Å². The maximum Gasteiger partial charge on any atom is 0.314 e. The van der Waals surface area contributed by atoms with Crippen LogP contribution in [0.2, 0.25) is 0 Å². The van der Waals surface area contributed by atoms with Crippen molar-refractivity contribution in [1.82, 2.24) is 10.6 Å². The summed E-state index contributed by atoms with van der Waals surface area (Å²) >= 11 is 0. The number of hydrogen-bond acceptors (Lipinski definition) is 2. The highest BCUT2D eigenvalue weighted by Gasteiger charge is 2.44. The topological polar surface area (TPSA) is 78.4 Å². The molecule has 0 aromatic rings. The first-order chi connectivity index (χ1) is 8.10. The van der Waals surface area contributed by atoms with E-state index in [2.05, 4.69) is 22.5 Å². The van der Waals surface area contributed by atoms with Gasteiger partial charge in [-0.15, -0.1) is 11.8 Å². The molecule has 1 aliphatic carbocycles. The van der Waals surface area contributed by atoms with Gasteiger partial charge in [0.05, 0.1) is 5.41 Å². The van der Waals surface area contributed by atoms with Gasteiger partial charge in [-0.1, -0.05) is 6.42 Å². The molecule has 2 amide bonds. The van der Waals surface area contributed by atoms with Crippen molar-refractivity contribution in [2.45, 2.75) is 32.6 Å². The van der Waals surface area contributed by atoms with E-state index in [-0.39, 0.29) is 12.6 Å². The monoisotopic (exact) mass is 238 g/mol. The summed E-state index contributed by atoms with van der Waals surface area (Å²) in [5.74, 6) is 4.74.